The zero-order valence-electron chi connectivity index (χ0n) is 11.0. The Hall–Kier alpha value is -1.19. The molecule has 0 fully saturated rings. The number of nitrogens with zero attached hydrogens (tertiary/aromatic N) is 2. The van der Waals surface area contributed by atoms with Crippen molar-refractivity contribution in [1.29, 1.82) is 0 Å². The van der Waals surface area contributed by atoms with Gasteiger partial charge in [0.25, 0.3) is 0 Å². The molecule has 0 atom stereocenters. The molecule has 2 N–H and O–H groups in total. The van der Waals surface area contributed by atoms with Crippen LogP contribution in [0.3, 0.4) is 0 Å². The maximum Gasteiger partial charge on any atom is 0.115 e. The van der Waals surface area contributed by atoms with Crippen LogP contribution in [0.2, 0.25) is 10.0 Å². The Kier molecular flexibility index (Phi) is 4.38. The van der Waals surface area contributed by atoms with Crippen molar-refractivity contribution in [3.63, 3.8) is 0 Å². The lowest BCUT2D eigenvalue weighted by molar-refractivity contribution is 0.429. The lowest BCUT2D eigenvalue weighted by Crippen LogP contribution is -2.07. The van der Waals surface area contributed by atoms with Gasteiger partial charge in [0, 0.05) is 11.8 Å². The second kappa shape index (κ2) is 5.85. The molecular formula is C14H17Cl2N3. The van der Waals surface area contributed by atoms with Crippen LogP contribution >= 0.6 is 23.2 Å². The molecule has 0 aliphatic carbocycles. The number of nitrogens with two attached hydrogens (primary N) is 1. The van der Waals surface area contributed by atoms with Crippen LogP contribution in [0.25, 0.3) is 11.3 Å². The predicted octanol–water partition coefficient (Wildman–Crippen LogP) is 4.80. The fourth-order valence-electron chi connectivity index (χ4n) is 2.12. The van der Waals surface area contributed by atoms with Crippen molar-refractivity contribution in [1.82, 2.24) is 9.78 Å². The minimum atomic E-state index is 0.374. The van der Waals surface area contributed by atoms with Crippen molar-refractivity contribution in [2.75, 3.05) is 5.73 Å². The normalized spacial score (nSPS) is 11.2. The molecule has 102 valence electrons. The topological polar surface area (TPSA) is 43.8 Å². The van der Waals surface area contributed by atoms with Gasteiger partial charge in [-0.15, -0.1) is 0 Å². The molecule has 0 spiro atoms. The summed E-state index contributed by atoms with van der Waals surface area (Å²) >= 11 is 12.0. The standard InChI is InChI=1S/C14H17Cl2N3/c1-3-10(4-2)19-8-13(17)14(18-19)9-5-6-11(15)12(16)7-9/h5-8,10H,3-4,17H2,1-2H3. The van der Waals surface area contributed by atoms with E-state index < -0.39 is 0 Å². The first-order chi connectivity index (χ1) is 9.06. The van der Waals surface area contributed by atoms with E-state index in [0.717, 1.165) is 24.1 Å². The van der Waals surface area contributed by atoms with Gasteiger partial charge >= 0.3 is 0 Å². The number of halogens is 2. The second-order valence-electron chi connectivity index (χ2n) is 4.51. The molecule has 0 aliphatic rings. The summed E-state index contributed by atoms with van der Waals surface area (Å²) in [6.45, 7) is 4.29. The quantitative estimate of drug-likeness (QED) is 0.881. The van der Waals surface area contributed by atoms with Crippen molar-refractivity contribution in [3.8, 4) is 11.3 Å². The molecule has 1 aromatic heterocycles. The van der Waals surface area contributed by atoms with Gasteiger partial charge in [-0.3, -0.25) is 4.68 Å². The van der Waals surface area contributed by atoms with Crippen molar-refractivity contribution < 1.29 is 0 Å². The first-order valence-corrected chi connectivity index (χ1v) is 7.12. The molecule has 1 aromatic carbocycles. The third-order valence-electron chi connectivity index (χ3n) is 3.27. The van der Waals surface area contributed by atoms with Gasteiger partial charge in [-0.2, -0.15) is 5.10 Å². The Labute approximate surface area is 123 Å². The van der Waals surface area contributed by atoms with E-state index in [1.165, 1.54) is 0 Å². The van der Waals surface area contributed by atoms with Gasteiger partial charge < -0.3 is 5.73 Å². The number of nitrogen functional groups attached to an aromatic ring is 1. The minimum absolute atomic E-state index is 0.374. The van der Waals surface area contributed by atoms with E-state index in [0.29, 0.717) is 21.8 Å². The van der Waals surface area contributed by atoms with Crippen LogP contribution in [0, 0.1) is 0 Å². The highest BCUT2D eigenvalue weighted by atomic mass is 35.5. The van der Waals surface area contributed by atoms with E-state index in [2.05, 4.69) is 18.9 Å². The monoisotopic (exact) mass is 297 g/mol. The summed E-state index contributed by atoms with van der Waals surface area (Å²) in [6, 6.07) is 5.80. The number of anilines is 1. The summed E-state index contributed by atoms with van der Waals surface area (Å²) in [5.41, 5.74) is 8.35. The van der Waals surface area contributed by atoms with E-state index in [-0.39, 0.29) is 0 Å². The van der Waals surface area contributed by atoms with E-state index in [1.54, 1.807) is 12.1 Å². The van der Waals surface area contributed by atoms with Crippen LogP contribution in [-0.2, 0) is 0 Å². The number of aromatic nitrogens is 2. The minimum Gasteiger partial charge on any atom is -0.396 e. The molecule has 1 heterocycles. The molecule has 5 heteroatoms. The summed E-state index contributed by atoms with van der Waals surface area (Å²) in [5.74, 6) is 0. The Morgan fingerprint density at radius 2 is 1.89 bits per heavy atom. The Bertz CT molecular complexity index is 574. The molecule has 0 saturated heterocycles. The predicted molar refractivity (Wildman–Crippen MR) is 81.7 cm³/mol. The van der Waals surface area contributed by atoms with E-state index in [4.69, 9.17) is 28.9 Å². The molecule has 0 radical (unpaired) electrons. The molecule has 3 nitrogen and oxygen atoms in total. The van der Waals surface area contributed by atoms with Gasteiger partial charge in [-0.05, 0) is 25.0 Å². The molecule has 0 bridgehead atoms. The summed E-state index contributed by atoms with van der Waals surface area (Å²) < 4.78 is 1.94. The van der Waals surface area contributed by atoms with E-state index >= 15 is 0 Å². The van der Waals surface area contributed by atoms with Crippen LogP contribution < -0.4 is 5.73 Å². The van der Waals surface area contributed by atoms with Crippen LogP contribution in [0.5, 0.6) is 0 Å². The summed E-state index contributed by atoms with van der Waals surface area (Å²) in [5, 5.41) is 5.62. The van der Waals surface area contributed by atoms with E-state index in [1.807, 2.05) is 16.9 Å². The van der Waals surface area contributed by atoms with Crippen LogP contribution in [0.1, 0.15) is 32.7 Å². The first kappa shape index (κ1) is 14.2. The number of benzene rings is 1. The second-order valence-corrected chi connectivity index (χ2v) is 5.33. The Balaban J connectivity index is 2.42. The third-order valence-corrected chi connectivity index (χ3v) is 4.01. The van der Waals surface area contributed by atoms with Crippen LogP contribution in [-0.4, -0.2) is 9.78 Å². The van der Waals surface area contributed by atoms with Gasteiger partial charge in [0.15, 0.2) is 0 Å². The number of hydrogen-bond acceptors (Lipinski definition) is 2. The maximum atomic E-state index is 6.05. The fraction of sp³-hybridized carbons (Fsp3) is 0.357. The molecular weight excluding hydrogens is 281 g/mol. The van der Waals surface area contributed by atoms with Crippen molar-refractivity contribution >= 4 is 28.9 Å². The largest absolute Gasteiger partial charge is 0.396 e. The van der Waals surface area contributed by atoms with Crippen molar-refractivity contribution in [2.24, 2.45) is 0 Å². The number of hydrogen-bond donors (Lipinski definition) is 1. The molecule has 0 saturated carbocycles. The molecule has 2 rings (SSSR count). The average Bonchev–Trinajstić information content (AvgIpc) is 2.76. The van der Waals surface area contributed by atoms with Gasteiger partial charge in [0.2, 0.25) is 0 Å². The van der Waals surface area contributed by atoms with Crippen LogP contribution in [0.4, 0.5) is 5.69 Å². The SMILES string of the molecule is CCC(CC)n1cc(N)c(-c2ccc(Cl)c(Cl)c2)n1. The highest BCUT2D eigenvalue weighted by Crippen LogP contribution is 2.31. The first-order valence-electron chi connectivity index (χ1n) is 6.36. The maximum absolute atomic E-state index is 6.05. The zero-order valence-corrected chi connectivity index (χ0v) is 12.5. The van der Waals surface area contributed by atoms with Gasteiger partial charge in [-0.25, -0.2) is 0 Å². The van der Waals surface area contributed by atoms with Gasteiger partial charge in [0.05, 0.1) is 21.8 Å². The lowest BCUT2D eigenvalue weighted by Gasteiger charge is -2.12. The smallest absolute Gasteiger partial charge is 0.115 e. The molecule has 0 aliphatic heterocycles. The van der Waals surface area contributed by atoms with Gasteiger partial charge in [0.1, 0.15) is 5.69 Å². The van der Waals surface area contributed by atoms with Crippen LogP contribution in [0.15, 0.2) is 24.4 Å². The molecule has 19 heavy (non-hydrogen) atoms. The third kappa shape index (κ3) is 2.88. The molecule has 0 amide bonds. The Morgan fingerprint density at radius 3 is 2.47 bits per heavy atom. The van der Waals surface area contributed by atoms with Crippen molar-refractivity contribution in [3.05, 3.63) is 34.4 Å². The Morgan fingerprint density at radius 1 is 1.21 bits per heavy atom. The summed E-state index contributed by atoms with van der Waals surface area (Å²) in [7, 11) is 0. The summed E-state index contributed by atoms with van der Waals surface area (Å²) in [4.78, 5) is 0. The average molecular weight is 298 g/mol. The lowest BCUT2D eigenvalue weighted by atomic mass is 10.1. The highest BCUT2D eigenvalue weighted by Gasteiger charge is 2.14. The summed E-state index contributed by atoms with van der Waals surface area (Å²) in [6.07, 6.45) is 3.94. The zero-order chi connectivity index (χ0) is 14.0. The van der Waals surface area contributed by atoms with Crippen molar-refractivity contribution in [2.45, 2.75) is 32.7 Å². The molecule has 2 aromatic rings. The van der Waals surface area contributed by atoms with Gasteiger partial charge in [-0.1, -0.05) is 43.1 Å². The molecule has 0 unspecified atom stereocenters. The highest BCUT2D eigenvalue weighted by molar-refractivity contribution is 6.42. The number of rotatable bonds is 4. The fourth-order valence-corrected chi connectivity index (χ4v) is 2.42. The van der Waals surface area contributed by atoms with E-state index in [9.17, 15) is 0 Å².